The van der Waals surface area contributed by atoms with E-state index >= 15 is 0 Å². The summed E-state index contributed by atoms with van der Waals surface area (Å²) in [5.41, 5.74) is 0.103. The molecule has 118 valence electrons. The zero-order valence-corrected chi connectivity index (χ0v) is 12.9. The first-order chi connectivity index (χ1) is 10.2. The van der Waals surface area contributed by atoms with Gasteiger partial charge in [-0.25, -0.2) is 0 Å². The third-order valence-electron chi connectivity index (χ3n) is 5.49. The van der Waals surface area contributed by atoms with Gasteiger partial charge in [0.2, 0.25) is 11.8 Å². The zero-order chi connectivity index (χ0) is 14.9. The van der Waals surface area contributed by atoms with Crippen LogP contribution in [0.3, 0.4) is 0 Å². The lowest BCUT2D eigenvalue weighted by atomic mass is 9.74. The molecule has 0 aromatic rings. The fourth-order valence-corrected chi connectivity index (χ4v) is 4.09. The molecule has 0 unspecified atom stereocenters. The number of ether oxygens (including phenoxy) is 1. The third-order valence-corrected chi connectivity index (χ3v) is 5.49. The summed E-state index contributed by atoms with van der Waals surface area (Å²) in [4.78, 5) is 26.2. The Bertz CT molecular complexity index is 422. The Labute approximate surface area is 126 Å². The summed E-state index contributed by atoms with van der Waals surface area (Å²) in [5.74, 6) is 0.731. The van der Waals surface area contributed by atoms with Crippen molar-refractivity contribution in [3.05, 3.63) is 0 Å². The highest BCUT2D eigenvalue weighted by molar-refractivity contribution is 5.81. The van der Waals surface area contributed by atoms with E-state index in [1.807, 2.05) is 4.90 Å². The Morgan fingerprint density at radius 1 is 1.38 bits per heavy atom. The molecule has 3 rings (SSSR count). The van der Waals surface area contributed by atoms with Crippen LogP contribution in [0.15, 0.2) is 0 Å². The van der Waals surface area contributed by atoms with Gasteiger partial charge >= 0.3 is 0 Å². The average Bonchev–Trinajstić information content (AvgIpc) is 3.25. The van der Waals surface area contributed by atoms with Gasteiger partial charge in [0.25, 0.3) is 0 Å². The summed E-state index contributed by atoms with van der Waals surface area (Å²) >= 11 is 0. The molecule has 5 heteroatoms. The van der Waals surface area contributed by atoms with Crippen LogP contribution in [-0.4, -0.2) is 49.6 Å². The van der Waals surface area contributed by atoms with Crippen LogP contribution in [0.1, 0.15) is 44.9 Å². The molecule has 2 aliphatic carbocycles. The highest BCUT2D eigenvalue weighted by Gasteiger charge is 2.50. The Kier molecular flexibility index (Phi) is 4.20. The van der Waals surface area contributed by atoms with Crippen LogP contribution < -0.4 is 5.32 Å². The van der Waals surface area contributed by atoms with Crippen LogP contribution in [-0.2, 0) is 14.3 Å². The molecule has 1 N–H and O–H groups in total. The van der Waals surface area contributed by atoms with Crippen LogP contribution in [0.5, 0.6) is 0 Å². The number of methoxy groups -OCH3 is 1. The highest BCUT2D eigenvalue weighted by Crippen LogP contribution is 2.47. The van der Waals surface area contributed by atoms with E-state index in [1.54, 1.807) is 7.11 Å². The molecule has 2 saturated carbocycles. The van der Waals surface area contributed by atoms with Crippen molar-refractivity contribution in [2.24, 2.45) is 11.3 Å². The Morgan fingerprint density at radius 3 is 2.90 bits per heavy atom. The molecule has 2 amide bonds. The van der Waals surface area contributed by atoms with Gasteiger partial charge in [0.05, 0.1) is 6.61 Å². The fourth-order valence-electron chi connectivity index (χ4n) is 4.09. The van der Waals surface area contributed by atoms with E-state index in [9.17, 15) is 9.59 Å². The first-order valence-corrected chi connectivity index (χ1v) is 8.22. The second-order valence-corrected chi connectivity index (χ2v) is 6.84. The van der Waals surface area contributed by atoms with Crippen molar-refractivity contribution in [3.8, 4) is 0 Å². The van der Waals surface area contributed by atoms with Crippen molar-refractivity contribution in [3.63, 3.8) is 0 Å². The van der Waals surface area contributed by atoms with Crippen LogP contribution in [0.2, 0.25) is 0 Å². The molecule has 0 spiro atoms. The number of likely N-dealkylation sites (tertiary alicyclic amines) is 1. The fraction of sp³-hybridized carbons (Fsp3) is 0.875. The largest absolute Gasteiger partial charge is 0.383 e. The normalized spacial score (nSPS) is 32.1. The van der Waals surface area contributed by atoms with E-state index in [-0.39, 0.29) is 29.2 Å². The molecule has 3 fully saturated rings. The number of nitrogens with one attached hydrogen (secondary N) is 1. The molecule has 1 saturated heterocycles. The smallest absolute Gasteiger partial charge is 0.223 e. The summed E-state index contributed by atoms with van der Waals surface area (Å²) in [7, 11) is 1.67. The first-order valence-electron chi connectivity index (χ1n) is 8.22. The standard InChI is InChI=1S/C16H26N2O3/c1-21-10-9-18-13-3-2-7-16(13,8-6-14(18)19)11-17-15(20)12-4-5-12/h12-13H,2-11H2,1H3,(H,17,20)/t13-,16+/m1/s1. The molecular formula is C16H26N2O3. The lowest BCUT2D eigenvalue weighted by Gasteiger charge is -2.46. The van der Waals surface area contributed by atoms with Crippen molar-refractivity contribution >= 4 is 11.8 Å². The Morgan fingerprint density at radius 2 is 2.19 bits per heavy atom. The number of carbonyl (C=O) groups excluding carboxylic acids is 2. The van der Waals surface area contributed by atoms with E-state index < -0.39 is 0 Å². The van der Waals surface area contributed by atoms with E-state index in [4.69, 9.17) is 4.74 Å². The lowest BCUT2D eigenvalue weighted by Crippen LogP contribution is -2.56. The van der Waals surface area contributed by atoms with Gasteiger partial charge in [0, 0.05) is 44.0 Å². The van der Waals surface area contributed by atoms with Gasteiger partial charge < -0.3 is 15.0 Å². The predicted octanol–water partition coefficient (Wildman–Crippen LogP) is 1.32. The van der Waals surface area contributed by atoms with E-state index in [0.717, 1.165) is 45.1 Å². The minimum atomic E-state index is 0.103. The second kappa shape index (κ2) is 5.95. The van der Waals surface area contributed by atoms with Gasteiger partial charge in [-0.3, -0.25) is 9.59 Å². The maximum absolute atomic E-state index is 12.2. The van der Waals surface area contributed by atoms with Gasteiger partial charge in [-0.2, -0.15) is 0 Å². The first kappa shape index (κ1) is 14.8. The van der Waals surface area contributed by atoms with Crippen molar-refractivity contribution in [2.45, 2.75) is 51.0 Å². The summed E-state index contributed by atoms with van der Waals surface area (Å²) in [6.45, 7) is 2.01. The topological polar surface area (TPSA) is 58.6 Å². The number of hydrogen-bond acceptors (Lipinski definition) is 3. The van der Waals surface area contributed by atoms with Crippen LogP contribution in [0.4, 0.5) is 0 Å². The minimum absolute atomic E-state index is 0.103. The molecule has 0 bridgehead atoms. The zero-order valence-electron chi connectivity index (χ0n) is 12.9. The van der Waals surface area contributed by atoms with Crippen LogP contribution >= 0.6 is 0 Å². The van der Waals surface area contributed by atoms with Gasteiger partial charge in [-0.1, -0.05) is 6.42 Å². The summed E-state index contributed by atoms with van der Waals surface area (Å²) in [6.07, 6.45) is 6.96. The van der Waals surface area contributed by atoms with Gasteiger partial charge in [0.1, 0.15) is 0 Å². The SMILES string of the molecule is COCCN1C(=O)CC[C@]2(CNC(=O)C3CC3)CCC[C@@H]12. The average molecular weight is 294 g/mol. The Hall–Kier alpha value is -1.10. The molecule has 1 heterocycles. The highest BCUT2D eigenvalue weighted by atomic mass is 16.5. The summed E-state index contributed by atoms with van der Waals surface area (Å²) in [6, 6.07) is 0.286. The predicted molar refractivity (Wildman–Crippen MR) is 78.6 cm³/mol. The van der Waals surface area contributed by atoms with Crippen molar-refractivity contribution in [2.75, 3.05) is 26.8 Å². The Balaban J connectivity index is 1.66. The van der Waals surface area contributed by atoms with Gasteiger partial charge in [-0.15, -0.1) is 0 Å². The van der Waals surface area contributed by atoms with Gasteiger partial charge in [-0.05, 0) is 32.1 Å². The van der Waals surface area contributed by atoms with Crippen molar-refractivity contribution in [1.29, 1.82) is 0 Å². The summed E-state index contributed by atoms with van der Waals surface area (Å²) in [5, 5.41) is 3.16. The number of amides is 2. The monoisotopic (exact) mass is 294 g/mol. The summed E-state index contributed by atoms with van der Waals surface area (Å²) < 4.78 is 5.15. The number of nitrogens with zero attached hydrogens (tertiary/aromatic N) is 1. The molecule has 2 atom stereocenters. The molecular weight excluding hydrogens is 268 g/mol. The lowest BCUT2D eigenvalue weighted by molar-refractivity contribution is -0.142. The number of fused-ring (bicyclic) bond motifs is 1. The maximum atomic E-state index is 12.2. The van der Waals surface area contributed by atoms with E-state index in [2.05, 4.69) is 5.32 Å². The molecule has 0 radical (unpaired) electrons. The molecule has 21 heavy (non-hydrogen) atoms. The molecule has 0 aromatic heterocycles. The number of piperidine rings is 1. The van der Waals surface area contributed by atoms with Crippen LogP contribution in [0.25, 0.3) is 0 Å². The quantitative estimate of drug-likeness (QED) is 0.804. The maximum Gasteiger partial charge on any atom is 0.223 e. The van der Waals surface area contributed by atoms with Crippen LogP contribution in [0, 0.1) is 11.3 Å². The van der Waals surface area contributed by atoms with Crippen molar-refractivity contribution in [1.82, 2.24) is 10.2 Å². The molecule has 0 aromatic carbocycles. The third kappa shape index (κ3) is 2.93. The second-order valence-electron chi connectivity index (χ2n) is 6.84. The number of carbonyl (C=O) groups is 2. The minimum Gasteiger partial charge on any atom is -0.383 e. The molecule has 5 nitrogen and oxygen atoms in total. The number of hydrogen-bond donors (Lipinski definition) is 1. The van der Waals surface area contributed by atoms with E-state index in [0.29, 0.717) is 19.6 Å². The van der Waals surface area contributed by atoms with Gasteiger partial charge in [0.15, 0.2) is 0 Å². The van der Waals surface area contributed by atoms with E-state index in [1.165, 1.54) is 0 Å². The number of rotatable bonds is 6. The molecule has 3 aliphatic rings. The molecule has 1 aliphatic heterocycles. The van der Waals surface area contributed by atoms with Crippen molar-refractivity contribution < 1.29 is 14.3 Å².